The van der Waals surface area contributed by atoms with Gasteiger partial charge in [-0.2, -0.15) is 0 Å². The topological polar surface area (TPSA) is 55.4 Å². The Balaban J connectivity index is 2.67. The Kier molecular flexibility index (Phi) is 5.68. The van der Waals surface area contributed by atoms with Crippen LogP contribution in [0.4, 0.5) is 5.69 Å². The number of carbonyl (C=O) groups is 2. The van der Waals surface area contributed by atoms with Crippen LogP contribution >= 0.6 is 34.8 Å². The molecule has 110 valence electrons. The largest absolute Gasteiger partial charge is 0.455 e. The van der Waals surface area contributed by atoms with E-state index in [9.17, 15) is 9.59 Å². The second kappa shape index (κ2) is 6.66. The summed E-state index contributed by atoms with van der Waals surface area (Å²) in [4.78, 5) is 23.2. The third-order valence-electron chi connectivity index (χ3n) is 2.22. The van der Waals surface area contributed by atoms with Crippen LogP contribution in [0.3, 0.4) is 0 Å². The van der Waals surface area contributed by atoms with Crippen molar-refractivity contribution in [3.63, 3.8) is 0 Å². The molecule has 1 rings (SSSR count). The van der Waals surface area contributed by atoms with E-state index in [0.29, 0.717) is 5.02 Å². The van der Waals surface area contributed by atoms with Crippen molar-refractivity contribution in [2.24, 2.45) is 5.41 Å². The normalized spacial score (nSPS) is 11.1. The lowest BCUT2D eigenvalue weighted by Crippen LogP contribution is -2.28. The fraction of sp³-hybridized carbons (Fsp3) is 0.385. The van der Waals surface area contributed by atoms with Crippen LogP contribution in [0.2, 0.25) is 15.1 Å². The maximum absolute atomic E-state index is 11.7. The van der Waals surface area contributed by atoms with E-state index >= 15 is 0 Å². The van der Waals surface area contributed by atoms with E-state index in [1.807, 2.05) is 0 Å². The number of ether oxygens (including phenoxy) is 1. The minimum absolute atomic E-state index is 0.206. The lowest BCUT2D eigenvalue weighted by molar-refractivity contribution is -0.155. The number of hydrogen-bond acceptors (Lipinski definition) is 3. The SMILES string of the molecule is CC(C)(C)C(=O)OCC(=O)Nc1c(Cl)cc(Cl)cc1Cl. The highest BCUT2D eigenvalue weighted by Crippen LogP contribution is 2.33. The molecule has 1 aromatic rings. The van der Waals surface area contributed by atoms with Gasteiger partial charge in [-0.05, 0) is 32.9 Å². The number of hydrogen-bond donors (Lipinski definition) is 1. The van der Waals surface area contributed by atoms with Crippen molar-refractivity contribution in [3.8, 4) is 0 Å². The van der Waals surface area contributed by atoms with Gasteiger partial charge in [-0.3, -0.25) is 9.59 Å². The number of esters is 1. The van der Waals surface area contributed by atoms with Crippen LogP contribution in [0, 0.1) is 5.41 Å². The first-order valence-electron chi connectivity index (χ1n) is 5.73. The predicted molar refractivity (Wildman–Crippen MR) is 80.5 cm³/mol. The van der Waals surface area contributed by atoms with Gasteiger partial charge >= 0.3 is 5.97 Å². The Morgan fingerprint density at radius 1 is 1.15 bits per heavy atom. The third kappa shape index (κ3) is 4.85. The van der Waals surface area contributed by atoms with Crippen LogP contribution in [0.25, 0.3) is 0 Å². The van der Waals surface area contributed by atoms with Crippen molar-refractivity contribution in [1.82, 2.24) is 0 Å². The molecular formula is C13H14Cl3NO3. The van der Waals surface area contributed by atoms with Gasteiger partial charge in [0.2, 0.25) is 0 Å². The van der Waals surface area contributed by atoms with E-state index in [-0.39, 0.29) is 15.7 Å². The molecule has 4 nitrogen and oxygen atoms in total. The number of anilines is 1. The standard InChI is InChI=1S/C13H14Cl3NO3/c1-13(2,3)12(19)20-6-10(18)17-11-8(15)4-7(14)5-9(11)16/h4-5H,6H2,1-3H3,(H,17,18). The van der Waals surface area contributed by atoms with E-state index in [1.165, 1.54) is 12.1 Å². The first kappa shape index (κ1) is 17.1. The summed E-state index contributed by atoms with van der Waals surface area (Å²) in [5.41, 5.74) is -0.440. The number of carbonyl (C=O) groups excluding carboxylic acids is 2. The number of benzene rings is 1. The van der Waals surface area contributed by atoms with E-state index < -0.39 is 23.9 Å². The molecule has 0 unspecified atom stereocenters. The second-order valence-electron chi connectivity index (χ2n) is 5.12. The highest BCUT2D eigenvalue weighted by molar-refractivity contribution is 6.42. The van der Waals surface area contributed by atoms with Crippen molar-refractivity contribution in [1.29, 1.82) is 0 Å². The number of rotatable bonds is 3. The maximum atomic E-state index is 11.7. The van der Waals surface area contributed by atoms with Crippen LogP contribution in [0.5, 0.6) is 0 Å². The van der Waals surface area contributed by atoms with Crippen LogP contribution in [0.1, 0.15) is 20.8 Å². The third-order valence-corrected chi connectivity index (χ3v) is 3.03. The molecule has 0 radical (unpaired) electrons. The fourth-order valence-electron chi connectivity index (χ4n) is 1.18. The highest BCUT2D eigenvalue weighted by Gasteiger charge is 2.24. The molecule has 7 heteroatoms. The summed E-state index contributed by atoms with van der Waals surface area (Å²) in [5, 5.41) is 3.25. The molecule has 0 fully saturated rings. The Morgan fingerprint density at radius 3 is 2.10 bits per heavy atom. The first-order valence-corrected chi connectivity index (χ1v) is 6.86. The fourth-order valence-corrected chi connectivity index (χ4v) is 2.10. The summed E-state index contributed by atoms with van der Waals surface area (Å²) < 4.78 is 4.88. The average molecular weight is 339 g/mol. The van der Waals surface area contributed by atoms with Crippen molar-refractivity contribution >= 4 is 52.4 Å². The summed E-state index contributed by atoms with van der Waals surface area (Å²) in [6.07, 6.45) is 0. The van der Waals surface area contributed by atoms with Gasteiger partial charge in [0.15, 0.2) is 6.61 Å². The number of halogens is 3. The molecule has 0 aliphatic carbocycles. The molecule has 0 saturated heterocycles. The van der Waals surface area contributed by atoms with Crippen LogP contribution in [-0.4, -0.2) is 18.5 Å². The molecule has 20 heavy (non-hydrogen) atoms. The summed E-state index contributed by atoms with van der Waals surface area (Å²) in [6, 6.07) is 2.90. The number of nitrogens with one attached hydrogen (secondary N) is 1. The zero-order valence-electron chi connectivity index (χ0n) is 11.2. The van der Waals surface area contributed by atoms with Gasteiger partial charge in [-0.25, -0.2) is 0 Å². The molecule has 0 aliphatic heterocycles. The molecule has 1 amide bonds. The van der Waals surface area contributed by atoms with Crippen LogP contribution in [0.15, 0.2) is 12.1 Å². The van der Waals surface area contributed by atoms with Crippen molar-refractivity contribution in [2.45, 2.75) is 20.8 Å². The summed E-state index contributed by atoms with van der Waals surface area (Å²) >= 11 is 17.6. The molecule has 0 heterocycles. The van der Waals surface area contributed by atoms with Crippen LogP contribution < -0.4 is 5.32 Å². The Hall–Kier alpha value is -0.970. The lowest BCUT2D eigenvalue weighted by Gasteiger charge is -2.16. The van der Waals surface area contributed by atoms with Crippen molar-refractivity contribution in [2.75, 3.05) is 11.9 Å². The van der Waals surface area contributed by atoms with Gasteiger partial charge in [0, 0.05) is 5.02 Å². The van der Waals surface area contributed by atoms with Crippen molar-refractivity contribution in [3.05, 3.63) is 27.2 Å². The molecule has 1 aromatic carbocycles. The molecule has 0 bridgehead atoms. The van der Waals surface area contributed by atoms with Gasteiger partial charge in [0.05, 0.1) is 21.1 Å². The van der Waals surface area contributed by atoms with Gasteiger partial charge in [0.25, 0.3) is 5.91 Å². The zero-order valence-corrected chi connectivity index (χ0v) is 13.5. The Bertz CT molecular complexity index is 515. The highest BCUT2D eigenvalue weighted by atomic mass is 35.5. The molecule has 0 aromatic heterocycles. The van der Waals surface area contributed by atoms with Gasteiger partial charge in [-0.1, -0.05) is 34.8 Å². The van der Waals surface area contributed by atoms with Gasteiger partial charge in [0.1, 0.15) is 0 Å². The first-order chi connectivity index (χ1) is 9.11. The zero-order chi connectivity index (χ0) is 15.5. The molecule has 0 saturated carbocycles. The molecule has 1 N–H and O–H groups in total. The Morgan fingerprint density at radius 2 is 1.65 bits per heavy atom. The summed E-state index contributed by atoms with van der Waals surface area (Å²) in [7, 11) is 0. The van der Waals surface area contributed by atoms with E-state index in [0.717, 1.165) is 0 Å². The average Bonchev–Trinajstić information content (AvgIpc) is 2.29. The lowest BCUT2D eigenvalue weighted by atomic mass is 9.97. The minimum atomic E-state index is -0.671. The van der Waals surface area contributed by atoms with E-state index in [1.54, 1.807) is 20.8 Å². The van der Waals surface area contributed by atoms with Gasteiger partial charge in [-0.15, -0.1) is 0 Å². The van der Waals surface area contributed by atoms with Crippen LogP contribution in [-0.2, 0) is 14.3 Å². The minimum Gasteiger partial charge on any atom is -0.455 e. The Labute approximate surface area is 132 Å². The van der Waals surface area contributed by atoms with E-state index in [4.69, 9.17) is 39.5 Å². The summed E-state index contributed by atoms with van der Waals surface area (Å²) in [5.74, 6) is -1.00. The second-order valence-corrected chi connectivity index (χ2v) is 6.37. The molecule has 0 atom stereocenters. The summed E-state index contributed by atoms with van der Waals surface area (Å²) in [6.45, 7) is 4.67. The predicted octanol–water partition coefficient (Wildman–Crippen LogP) is 4.17. The smallest absolute Gasteiger partial charge is 0.311 e. The maximum Gasteiger partial charge on any atom is 0.311 e. The molecule has 0 spiro atoms. The van der Waals surface area contributed by atoms with Crippen molar-refractivity contribution < 1.29 is 14.3 Å². The monoisotopic (exact) mass is 337 g/mol. The van der Waals surface area contributed by atoms with E-state index in [2.05, 4.69) is 5.32 Å². The number of amides is 1. The molecular weight excluding hydrogens is 325 g/mol. The quantitative estimate of drug-likeness (QED) is 0.841. The van der Waals surface area contributed by atoms with Gasteiger partial charge < -0.3 is 10.1 Å². The molecule has 0 aliphatic rings.